The topological polar surface area (TPSA) is 12.0 Å². The Morgan fingerprint density at radius 3 is 2.62 bits per heavy atom. The maximum atomic E-state index is 13.9. The lowest BCUT2D eigenvalue weighted by atomic mass is 9.97. The average Bonchev–Trinajstić information content (AvgIpc) is 2.44. The summed E-state index contributed by atoms with van der Waals surface area (Å²) < 4.78 is 13.9. The van der Waals surface area contributed by atoms with E-state index >= 15 is 0 Å². The van der Waals surface area contributed by atoms with Crippen LogP contribution >= 0.6 is 11.6 Å². The smallest absolute Gasteiger partial charge is 0.126 e. The summed E-state index contributed by atoms with van der Waals surface area (Å²) in [5, 5.41) is 4.21. The van der Waals surface area contributed by atoms with Gasteiger partial charge >= 0.3 is 0 Å². The Bertz CT molecular complexity index is 577. The Balaban J connectivity index is 2.27. The van der Waals surface area contributed by atoms with Gasteiger partial charge in [-0.25, -0.2) is 4.39 Å². The van der Waals surface area contributed by atoms with Gasteiger partial charge in [-0.2, -0.15) is 0 Å². The van der Waals surface area contributed by atoms with Gasteiger partial charge in [-0.05, 0) is 61.2 Å². The van der Waals surface area contributed by atoms with E-state index in [1.54, 1.807) is 6.07 Å². The molecule has 0 saturated carbocycles. The minimum atomic E-state index is -0.153. The summed E-state index contributed by atoms with van der Waals surface area (Å²) >= 11 is 6.16. The lowest BCUT2D eigenvalue weighted by Crippen LogP contribution is -2.24. The average molecular weight is 306 g/mol. The Hall–Kier alpha value is -1.38. The van der Waals surface area contributed by atoms with Crippen molar-refractivity contribution in [1.29, 1.82) is 0 Å². The number of hydrogen-bond donors (Lipinski definition) is 1. The van der Waals surface area contributed by atoms with Crippen LogP contribution in [0.5, 0.6) is 0 Å². The summed E-state index contributed by atoms with van der Waals surface area (Å²) in [5.41, 5.74) is 2.95. The first kappa shape index (κ1) is 16.0. The monoisotopic (exact) mass is 305 g/mol. The molecule has 2 aromatic rings. The molecule has 0 aliphatic rings. The molecule has 112 valence electrons. The van der Waals surface area contributed by atoms with Crippen molar-refractivity contribution in [1.82, 2.24) is 5.32 Å². The molecule has 1 N–H and O–H groups in total. The van der Waals surface area contributed by atoms with Crippen molar-refractivity contribution in [2.24, 2.45) is 0 Å². The van der Waals surface area contributed by atoms with E-state index < -0.39 is 0 Å². The van der Waals surface area contributed by atoms with E-state index in [1.807, 2.05) is 31.2 Å². The first-order chi connectivity index (χ1) is 10.1. The van der Waals surface area contributed by atoms with Crippen molar-refractivity contribution >= 4 is 11.6 Å². The van der Waals surface area contributed by atoms with E-state index in [-0.39, 0.29) is 11.9 Å². The summed E-state index contributed by atoms with van der Waals surface area (Å²) in [6.07, 6.45) is 1.65. The fourth-order valence-corrected chi connectivity index (χ4v) is 2.77. The minimum absolute atomic E-state index is 0.0687. The van der Waals surface area contributed by atoms with Crippen molar-refractivity contribution in [3.05, 3.63) is 70.0 Å². The third kappa shape index (κ3) is 4.55. The first-order valence-electron chi connectivity index (χ1n) is 7.34. The highest BCUT2D eigenvalue weighted by molar-refractivity contribution is 6.30. The summed E-state index contributed by atoms with van der Waals surface area (Å²) in [7, 11) is 0. The van der Waals surface area contributed by atoms with Gasteiger partial charge in [-0.15, -0.1) is 0 Å². The maximum Gasteiger partial charge on any atom is 0.126 e. The van der Waals surface area contributed by atoms with E-state index in [0.717, 1.165) is 34.7 Å². The Morgan fingerprint density at radius 1 is 1.19 bits per heavy atom. The van der Waals surface area contributed by atoms with E-state index in [2.05, 4.69) is 18.3 Å². The highest BCUT2D eigenvalue weighted by Crippen LogP contribution is 2.24. The zero-order chi connectivity index (χ0) is 15.2. The Kier molecular flexibility index (Phi) is 5.77. The molecule has 0 heterocycles. The highest BCUT2D eigenvalue weighted by Gasteiger charge is 2.14. The summed E-state index contributed by atoms with van der Waals surface area (Å²) in [5.74, 6) is -0.153. The van der Waals surface area contributed by atoms with Crippen LogP contribution in [0.25, 0.3) is 0 Å². The van der Waals surface area contributed by atoms with Gasteiger partial charge in [-0.1, -0.05) is 42.8 Å². The molecule has 0 aromatic heterocycles. The number of aryl methyl sites for hydroxylation is 1. The molecule has 0 amide bonds. The second-order valence-electron chi connectivity index (χ2n) is 5.36. The molecular formula is C18H21ClFN. The number of benzene rings is 2. The van der Waals surface area contributed by atoms with Gasteiger partial charge in [0.05, 0.1) is 0 Å². The Morgan fingerprint density at radius 2 is 1.95 bits per heavy atom. The van der Waals surface area contributed by atoms with Crippen molar-refractivity contribution < 1.29 is 4.39 Å². The minimum Gasteiger partial charge on any atom is -0.310 e. The van der Waals surface area contributed by atoms with Gasteiger partial charge in [0, 0.05) is 11.1 Å². The summed E-state index contributed by atoms with van der Waals surface area (Å²) in [6.45, 7) is 5.04. The molecule has 1 atom stereocenters. The predicted molar refractivity (Wildman–Crippen MR) is 87.3 cm³/mol. The van der Waals surface area contributed by atoms with Crippen LogP contribution in [0.1, 0.15) is 36.1 Å². The fourth-order valence-electron chi connectivity index (χ4n) is 2.48. The van der Waals surface area contributed by atoms with E-state index in [0.29, 0.717) is 6.42 Å². The SMILES string of the molecule is CCCNC(Cc1ccccc1F)c1cc(C)cc(Cl)c1. The standard InChI is InChI=1S/C18H21ClFN/c1-3-8-21-18(12-14-6-4-5-7-17(14)20)15-9-13(2)10-16(19)11-15/h4-7,9-11,18,21H,3,8,12H2,1-2H3. The molecule has 1 nitrogen and oxygen atoms in total. The molecule has 2 aromatic carbocycles. The van der Waals surface area contributed by atoms with Gasteiger partial charge < -0.3 is 5.32 Å². The second-order valence-corrected chi connectivity index (χ2v) is 5.80. The molecule has 0 aliphatic carbocycles. The normalized spacial score (nSPS) is 12.4. The molecule has 0 aliphatic heterocycles. The van der Waals surface area contributed by atoms with E-state index in [4.69, 9.17) is 11.6 Å². The second kappa shape index (κ2) is 7.58. The Labute approximate surface area is 131 Å². The molecule has 3 heteroatoms. The molecule has 1 unspecified atom stereocenters. The van der Waals surface area contributed by atoms with Crippen molar-refractivity contribution in [2.75, 3.05) is 6.54 Å². The molecule has 0 saturated heterocycles. The van der Waals surface area contributed by atoms with Crippen molar-refractivity contribution in [2.45, 2.75) is 32.7 Å². The number of rotatable bonds is 6. The quantitative estimate of drug-likeness (QED) is 0.785. The van der Waals surface area contributed by atoms with Crippen LogP contribution in [0.15, 0.2) is 42.5 Å². The fraction of sp³-hybridized carbons (Fsp3) is 0.333. The van der Waals surface area contributed by atoms with Gasteiger partial charge in [-0.3, -0.25) is 0 Å². The zero-order valence-electron chi connectivity index (χ0n) is 12.5. The first-order valence-corrected chi connectivity index (χ1v) is 7.72. The van der Waals surface area contributed by atoms with Crippen LogP contribution in [-0.4, -0.2) is 6.54 Å². The maximum absolute atomic E-state index is 13.9. The van der Waals surface area contributed by atoms with Crippen LogP contribution in [-0.2, 0) is 6.42 Å². The molecular weight excluding hydrogens is 285 g/mol. The lowest BCUT2D eigenvalue weighted by Gasteiger charge is -2.20. The summed E-state index contributed by atoms with van der Waals surface area (Å²) in [6, 6.07) is 13.0. The van der Waals surface area contributed by atoms with Crippen LogP contribution in [0.3, 0.4) is 0 Å². The van der Waals surface area contributed by atoms with Crippen LogP contribution in [0.4, 0.5) is 4.39 Å². The van der Waals surface area contributed by atoms with Crippen molar-refractivity contribution in [3.63, 3.8) is 0 Å². The third-order valence-electron chi connectivity index (χ3n) is 3.49. The lowest BCUT2D eigenvalue weighted by molar-refractivity contribution is 0.513. The predicted octanol–water partition coefficient (Wildman–Crippen LogP) is 5.07. The van der Waals surface area contributed by atoms with Crippen molar-refractivity contribution in [3.8, 4) is 0 Å². The molecule has 21 heavy (non-hydrogen) atoms. The van der Waals surface area contributed by atoms with Gasteiger partial charge in [0.15, 0.2) is 0 Å². The van der Waals surface area contributed by atoms with E-state index in [9.17, 15) is 4.39 Å². The molecule has 0 spiro atoms. The van der Waals surface area contributed by atoms with Gasteiger partial charge in [0.2, 0.25) is 0 Å². The third-order valence-corrected chi connectivity index (χ3v) is 3.71. The number of hydrogen-bond acceptors (Lipinski definition) is 1. The highest BCUT2D eigenvalue weighted by atomic mass is 35.5. The molecule has 0 fully saturated rings. The van der Waals surface area contributed by atoms with E-state index in [1.165, 1.54) is 6.07 Å². The van der Waals surface area contributed by atoms with Crippen LogP contribution in [0, 0.1) is 12.7 Å². The van der Waals surface area contributed by atoms with Gasteiger partial charge in [0.1, 0.15) is 5.82 Å². The number of halogens is 2. The number of nitrogens with one attached hydrogen (secondary N) is 1. The molecule has 2 rings (SSSR count). The molecule has 0 bridgehead atoms. The van der Waals surface area contributed by atoms with Crippen LogP contribution < -0.4 is 5.32 Å². The largest absolute Gasteiger partial charge is 0.310 e. The van der Waals surface area contributed by atoms with Gasteiger partial charge in [0.25, 0.3) is 0 Å². The molecule has 0 radical (unpaired) electrons. The van der Waals surface area contributed by atoms with Crippen LogP contribution in [0.2, 0.25) is 5.02 Å². The zero-order valence-corrected chi connectivity index (χ0v) is 13.3. The summed E-state index contributed by atoms with van der Waals surface area (Å²) in [4.78, 5) is 0.